The zero-order valence-corrected chi connectivity index (χ0v) is 28.9. The molecule has 3 aromatic heterocycles. The quantitative estimate of drug-likeness (QED) is 0.133. The lowest BCUT2D eigenvalue weighted by Crippen LogP contribution is -2.34. The van der Waals surface area contributed by atoms with Gasteiger partial charge in [0.25, 0.3) is 10.0 Å². The summed E-state index contributed by atoms with van der Waals surface area (Å²) in [6, 6.07) is 15.0. The van der Waals surface area contributed by atoms with E-state index in [0.717, 1.165) is 24.5 Å². The van der Waals surface area contributed by atoms with Crippen molar-refractivity contribution < 1.29 is 34.4 Å². The van der Waals surface area contributed by atoms with Gasteiger partial charge < -0.3 is 5.32 Å². The molecule has 0 aliphatic carbocycles. The van der Waals surface area contributed by atoms with Gasteiger partial charge >= 0.3 is 0 Å². The number of sulfonamides is 1. The van der Waals surface area contributed by atoms with Crippen molar-refractivity contribution >= 4 is 82.2 Å². The second-order valence-corrected chi connectivity index (χ2v) is 16.6. The SMILES string of the molecule is CC(C)(CC(F)F)S(=O)(=O)c1cn(-c2ccc3ncnc(Nc4c(F)ccc(NS(=O)(=O)c5cccc(Cl)c5Cl)c4F)c3n2)c2ccccc12. The van der Waals surface area contributed by atoms with E-state index in [-0.39, 0.29) is 43.0 Å². The molecule has 0 unspecified atom stereocenters. The minimum atomic E-state index is -4.48. The van der Waals surface area contributed by atoms with Crippen molar-refractivity contribution in [1.29, 1.82) is 0 Å². The number of benzene rings is 3. The van der Waals surface area contributed by atoms with E-state index in [1.165, 1.54) is 48.9 Å². The zero-order chi connectivity index (χ0) is 36.2. The second-order valence-electron chi connectivity index (χ2n) is 11.6. The van der Waals surface area contributed by atoms with Gasteiger partial charge in [0, 0.05) is 18.0 Å². The third kappa shape index (κ3) is 6.32. The number of nitrogens with one attached hydrogen (secondary N) is 2. The highest BCUT2D eigenvalue weighted by atomic mass is 35.5. The van der Waals surface area contributed by atoms with Gasteiger partial charge in [-0.3, -0.25) is 9.29 Å². The molecule has 0 saturated carbocycles. The molecule has 0 saturated heterocycles. The van der Waals surface area contributed by atoms with Crippen molar-refractivity contribution in [3.63, 3.8) is 0 Å². The summed E-state index contributed by atoms with van der Waals surface area (Å²) in [4.78, 5) is 12.2. The largest absolute Gasteiger partial charge is 0.333 e. The molecule has 18 heteroatoms. The second kappa shape index (κ2) is 13.0. The monoisotopic (exact) mass is 766 g/mol. The fourth-order valence-corrected chi connectivity index (χ4v) is 8.71. The van der Waals surface area contributed by atoms with E-state index in [4.69, 9.17) is 23.2 Å². The Morgan fingerprint density at radius 1 is 0.900 bits per heavy atom. The highest BCUT2D eigenvalue weighted by Crippen LogP contribution is 2.38. The summed E-state index contributed by atoms with van der Waals surface area (Å²) >= 11 is 12.0. The van der Waals surface area contributed by atoms with E-state index < -0.39 is 65.4 Å². The maximum Gasteiger partial charge on any atom is 0.263 e. The Balaban J connectivity index is 1.42. The third-order valence-corrected chi connectivity index (χ3v) is 12.7. The Morgan fingerprint density at radius 2 is 1.64 bits per heavy atom. The van der Waals surface area contributed by atoms with Crippen LogP contribution in [0.1, 0.15) is 20.3 Å². The minimum absolute atomic E-state index is 0.000659. The fourth-order valence-electron chi connectivity index (χ4n) is 5.24. The van der Waals surface area contributed by atoms with Gasteiger partial charge in [0.05, 0.1) is 36.4 Å². The number of fused-ring (bicyclic) bond motifs is 2. The topological polar surface area (TPSA) is 136 Å². The lowest BCUT2D eigenvalue weighted by molar-refractivity contribution is 0.126. The van der Waals surface area contributed by atoms with Crippen LogP contribution in [-0.2, 0) is 19.9 Å². The van der Waals surface area contributed by atoms with Gasteiger partial charge in [0.15, 0.2) is 21.5 Å². The first-order valence-corrected chi connectivity index (χ1v) is 18.2. The van der Waals surface area contributed by atoms with Gasteiger partial charge in [-0.2, -0.15) is 0 Å². The average molecular weight is 768 g/mol. The molecule has 6 rings (SSSR count). The number of rotatable bonds is 10. The van der Waals surface area contributed by atoms with Crippen molar-refractivity contribution in [3.05, 3.63) is 101 Å². The van der Waals surface area contributed by atoms with E-state index in [2.05, 4.69) is 20.3 Å². The van der Waals surface area contributed by atoms with Crippen LogP contribution in [0.4, 0.5) is 34.8 Å². The normalized spacial score (nSPS) is 12.6. The molecule has 0 aliphatic heterocycles. The van der Waals surface area contributed by atoms with E-state index in [9.17, 15) is 25.6 Å². The lowest BCUT2D eigenvalue weighted by atomic mass is 10.1. The molecule has 260 valence electrons. The minimum Gasteiger partial charge on any atom is -0.333 e. The fraction of sp³-hybridized carbons (Fsp3) is 0.156. The molecule has 0 atom stereocenters. The highest BCUT2D eigenvalue weighted by Gasteiger charge is 2.40. The predicted octanol–water partition coefficient (Wildman–Crippen LogP) is 8.31. The van der Waals surface area contributed by atoms with Crippen molar-refractivity contribution in [2.75, 3.05) is 10.0 Å². The van der Waals surface area contributed by atoms with Gasteiger partial charge in [-0.25, -0.2) is 49.3 Å². The first-order valence-electron chi connectivity index (χ1n) is 14.5. The molecule has 0 radical (unpaired) electrons. The summed E-state index contributed by atoms with van der Waals surface area (Å²) in [6.45, 7) is 2.46. The molecule has 6 aromatic rings. The number of hydrogen-bond acceptors (Lipinski definition) is 8. The maximum atomic E-state index is 15.8. The summed E-state index contributed by atoms with van der Waals surface area (Å²) < 4.78 is 113. The van der Waals surface area contributed by atoms with Crippen LogP contribution in [0.15, 0.2) is 89.0 Å². The maximum absolute atomic E-state index is 15.8. The van der Waals surface area contributed by atoms with Crippen molar-refractivity contribution in [3.8, 4) is 5.82 Å². The van der Waals surface area contributed by atoms with Gasteiger partial charge in [-0.15, -0.1) is 0 Å². The van der Waals surface area contributed by atoms with Crippen LogP contribution in [0.5, 0.6) is 0 Å². The van der Waals surface area contributed by atoms with E-state index in [0.29, 0.717) is 5.52 Å². The number of alkyl halides is 2. The van der Waals surface area contributed by atoms with Gasteiger partial charge in [0.2, 0.25) is 6.43 Å². The Kier molecular flexibility index (Phi) is 9.18. The molecule has 0 fully saturated rings. The number of anilines is 3. The van der Waals surface area contributed by atoms with Crippen LogP contribution >= 0.6 is 23.2 Å². The Hall–Kier alpha value is -4.51. The van der Waals surface area contributed by atoms with E-state index in [1.54, 1.807) is 24.3 Å². The van der Waals surface area contributed by atoms with Crippen LogP contribution in [0.2, 0.25) is 10.0 Å². The van der Waals surface area contributed by atoms with Gasteiger partial charge in [-0.05, 0) is 56.3 Å². The van der Waals surface area contributed by atoms with E-state index in [1.807, 2.05) is 4.72 Å². The molecule has 0 aliphatic rings. The molecule has 3 aromatic carbocycles. The average Bonchev–Trinajstić information content (AvgIpc) is 3.45. The molecular weight excluding hydrogens is 743 g/mol. The van der Waals surface area contributed by atoms with Crippen molar-refractivity contribution in [1.82, 2.24) is 19.5 Å². The molecule has 0 spiro atoms. The van der Waals surface area contributed by atoms with Crippen LogP contribution < -0.4 is 10.0 Å². The Morgan fingerprint density at radius 3 is 2.38 bits per heavy atom. The van der Waals surface area contributed by atoms with Gasteiger partial charge in [-0.1, -0.05) is 47.5 Å². The molecular formula is C32H24Cl2F4N6O4S2. The van der Waals surface area contributed by atoms with Crippen LogP contribution in [0, 0.1) is 11.6 Å². The number of sulfone groups is 1. The highest BCUT2D eigenvalue weighted by molar-refractivity contribution is 7.93. The Labute approximate surface area is 293 Å². The number of hydrogen-bond donors (Lipinski definition) is 2. The molecule has 3 heterocycles. The van der Waals surface area contributed by atoms with Crippen molar-refractivity contribution in [2.45, 2.75) is 41.2 Å². The van der Waals surface area contributed by atoms with Crippen LogP contribution in [-0.4, -0.2) is 47.5 Å². The third-order valence-electron chi connectivity index (χ3n) is 7.84. The number of para-hydroxylation sites is 1. The summed E-state index contributed by atoms with van der Waals surface area (Å²) in [5.74, 6) is -2.48. The first kappa shape index (κ1) is 35.3. The summed E-state index contributed by atoms with van der Waals surface area (Å²) in [7, 11) is -8.78. The van der Waals surface area contributed by atoms with Crippen molar-refractivity contribution in [2.24, 2.45) is 0 Å². The smallest absolute Gasteiger partial charge is 0.263 e. The molecule has 50 heavy (non-hydrogen) atoms. The standard InChI is InChI=1S/C32H24Cl2F4N6O4S2/c1-32(2,14-25(36)37)49(45,46)24-15-44(22-8-4-3-6-17(22)24)26-13-12-21-30(41-26)31(40-16-39-21)42-29-19(35)10-11-20(28(29)38)43-50(47,48)23-9-5-7-18(33)27(23)34/h3-13,15-16,25,43H,14H2,1-2H3,(H,39,40,42). The summed E-state index contributed by atoms with van der Waals surface area (Å²) in [5, 5.41) is 2.44. The zero-order valence-electron chi connectivity index (χ0n) is 25.8. The number of nitrogens with zero attached hydrogens (tertiary/aromatic N) is 4. The lowest BCUT2D eigenvalue weighted by Gasteiger charge is -2.24. The van der Waals surface area contributed by atoms with Gasteiger partial charge in [0.1, 0.15) is 34.1 Å². The number of halogens is 6. The number of pyridine rings is 1. The van der Waals surface area contributed by atoms with E-state index >= 15 is 8.78 Å². The molecule has 10 nitrogen and oxygen atoms in total. The van der Waals surface area contributed by atoms with Crippen LogP contribution in [0.25, 0.3) is 27.8 Å². The molecule has 2 N–H and O–H groups in total. The first-order chi connectivity index (χ1) is 23.5. The summed E-state index contributed by atoms with van der Waals surface area (Å²) in [6.07, 6.45) is -1.37. The number of aromatic nitrogens is 4. The Bertz CT molecular complexity index is 2530. The predicted molar refractivity (Wildman–Crippen MR) is 183 cm³/mol. The summed E-state index contributed by atoms with van der Waals surface area (Å²) in [5.41, 5.74) is -0.800. The van der Waals surface area contributed by atoms with Crippen LogP contribution in [0.3, 0.4) is 0 Å². The molecule has 0 amide bonds. The molecule has 0 bridgehead atoms.